The number of benzene rings is 1. The summed E-state index contributed by atoms with van der Waals surface area (Å²) in [4.78, 5) is 12.2. The van der Waals surface area contributed by atoms with E-state index < -0.39 is 0 Å². The Hall–Kier alpha value is -2.43. The molecule has 1 aromatic carbocycles. The van der Waals surface area contributed by atoms with Gasteiger partial charge in [0.05, 0.1) is 25.0 Å². The SMILES string of the molecule is COc1ccc(N)c(C(=O)N[C@H](C)c2ccco2)c1. The Labute approximate surface area is 111 Å². The van der Waals surface area contributed by atoms with Gasteiger partial charge in [0, 0.05) is 5.69 Å². The number of nitrogens with one attached hydrogen (secondary N) is 1. The Morgan fingerprint density at radius 1 is 1.42 bits per heavy atom. The van der Waals surface area contributed by atoms with Crippen LogP contribution in [0.5, 0.6) is 5.75 Å². The topological polar surface area (TPSA) is 77.5 Å². The Morgan fingerprint density at radius 3 is 2.84 bits per heavy atom. The highest BCUT2D eigenvalue weighted by Gasteiger charge is 2.16. The van der Waals surface area contributed by atoms with E-state index in [9.17, 15) is 4.79 Å². The number of rotatable bonds is 4. The molecule has 1 heterocycles. The molecule has 2 rings (SSSR count). The second-order valence-electron chi connectivity index (χ2n) is 4.16. The summed E-state index contributed by atoms with van der Waals surface area (Å²) in [5.74, 6) is 1.01. The van der Waals surface area contributed by atoms with Crippen molar-refractivity contribution in [1.29, 1.82) is 0 Å². The maximum Gasteiger partial charge on any atom is 0.254 e. The van der Waals surface area contributed by atoms with E-state index in [2.05, 4.69) is 5.32 Å². The molecule has 1 atom stereocenters. The molecule has 0 saturated carbocycles. The minimum absolute atomic E-state index is 0.229. The quantitative estimate of drug-likeness (QED) is 0.827. The fourth-order valence-corrected chi connectivity index (χ4v) is 1.74. The molecule has 0 radical (unpaired) electrons. The number of amides is 1. The second kappa shape index (κ2) is 5.48. The largest absolute Gasteiger partial charge is 0.497 e. The van der Waals surface area contributed by atoms with Crippen LogP contribution in [0.25, 0.3) is 0 Å². The van der Waals surface area contributed by atoms with Crippen LogP contribution in [-0.2, 0) is 0 Å². The zero-order valence-electron chi connectivity index (χ0n) is 10.8. The number of hydrogen-bond acceptors (Lipinski definition) is 4. The number of nitrogen functional groups attached to an aromatic ring is 1. The van der Waals surface area contributed by atoms with Crippen molar-refractivity contribution in [3.8, 4) is 5.75 Å². The van der Waals surface area contributed by atoms with E-state index in [0.29, 0.717) is 22.8 Å². The molecule has 19 heavy (non-hydrogen) atoms. The minimum atomic E-state index is -0.264. The fourth-order valence-electron chi connectivity index (χ4n) is 1.74. The monoisotopic (exact) mass is 260 g/mol. The summed E-state index contributed by atoms with van der Waals surface area (Å²) in [5, 5.41) is 2.82. The van der Waals surface area contributed by atoms with Crippen molar-refractivity contribution in [1.82, 2.24) is 5.32 Å². The van der Waals surface area contributed by atoms with Crippen LogP contribution in [0.4, 0.5) is 5.69 Å². The lowest BCUT2D eigenvalue weighted by atomic mass is 10.1. The van der Waals surface area contributed by atoms with Gasteiger partial charge in [0.15, 0.2) is 0 Å². The lowest BCUT2D eigenvalue weighted by Crippen LogP contribution is -2.27. The van der Waals surface area contributed by atoms with Gasteiger partial charge in [0.25, 0.3) is 5.91 Å². The van der Waals surface area contributed by atoms with Crippen molar-refractivity contribution in [3.05, 3.63) is 47.9 Å². The van der Waals surface area contributed by atoms with Crippen molar-refractivity contribution in [2.75, 3.05) is 12.8 Å². The maximum atomic E-state index is 12.2. The number of anilines is 1. The molecular weight excluding hydrogens is 244 g/mol. The van der Waals surface area contributed by atoms with Gasteiger partial charge in [-0.1, -0.05) is 0 Å². The average molecular weight is 260 g/mol. The van der Waals surface area contributed by atoms with Gasteiger partial charge >= 0.3 is 0 Å². The minimum Gasteiger partial charge on any atom is -0.497 e. The normalized spacial score (nSPS) is 11.9. The molecule has 0 saturated heterocycles. The third-order valence-corrected chi connectivity index (χ3v) is 2.82. The first-order valence-electron chi connectivity index (χ1n) is 5.89. The number of nitrogens with two attached hydrogens (primary N) is 1. The number of ether oxygens (including phenoxy) is 1. The Bertz CT molecular complexity index is 564. The van der Waals surface area contributed by atoms with E-state index in [4.69, 9.17) is 14.9 Å². The Balaban J connectivity index is 2.16. The van der Waals surface area contributed by atoms with Gasteiger partial charge in [0.2, 0.25) is 0 Å². The fraction of sp³-hybridized carbons (Fsp3) is 0.214. The summed E-state index contributed by atoms with van der Waals surface area (Å²) in [7, 11) is 1.54. The first-order valence-corrected chi connectivity index (χ1v) is 5.89. The molecule has 2 aromatic rings. The molecule has 0 aliphatic rings. The van der Waals surface area contributed by atoms with Crippen molar-refractivity contribution < 1.29 is 13.9 Å². The Morgan fingerprint density at radius 2 is 2.21 bits per heavy atom. The smallest absolute Gasteiger partial charge is 0.254 e. The molecule has 0 unspecified atom stereocenters. The lowest BCUT2D eigenvalue weighted by Gasteiger charge is -2.13. The number of hydrogen-bond donors (Lipinski definition) is 2. The van der Waals surface area contributed by atoms with Crippen molar-refractivity contribution in [2.24, 2.45) is 0 Å². The van der Waals surface area contributed by atoms with Crippen LogP contribution < -0.4 is 15.8 Å². The van der Waals surface area contributed by atoms with Gasteiger partial charge in [-0.3, -0.25) is 4.79 Å². The number of furan rings is 1. The third-order valence-electron chi connectivity index (χ3n) is 2.82. The highest BCUT2D eigenvalue weighted by Crippen LogP contribution is 2.21. The van der Waals surface area contributed by atoms with Gasteiger partial charge < -0.3 is 20.2 Å². The summed E-state index contributed by atoms with van der Waals surface area (Å²) in [6.07, 6.45) is 1.57. The summed E-state index contributed by atoms with van der Waals surface area (Å²) in [6, 6.07) is 8.32. The van der Waals surface area contributed by atoms with Gasteiger partial charge in [-0.2, -0.15) is 0 Å². The second-order valence-corrected chi connectivity index (χ2v) is 4.16. The predicted octanol–water partition coefficient (Wildman–Crippen LogP) is 2.36. The first-order chi connectivity index (χ1) is 9.11. The molecule has 5 nitrogen and oxygen atoms in total. The lowest BCUT2D eigenvalue weighted by molar-refractivity contribution is 0.0936. The van der Waals surface area contributed by atoms with Crippen LogP contribution in [0.1, 0.15) is 29.1 Å². The Kier molecular flexibility index (Phi) is 3.75. The standard InChI is InChI=1S/C14H16N2O3/c1-9(13-4-3-7-19-13)16-14(17)11-8-10(18-2)5-6-12(11)15/h3-9H,15H2,1-2H3,(H,16,17)/t9-/m1/s1. The van der Waals surface area contributed by atoms with Crippen LogP contribution in [0, 0.1) is 0 Å². The summed E-state index contributed by atoms with van der Waals surface area (Å²) in [5.41, 5.74) is 6.59. The molecule has 1 aromatic heterocycles. The van der Waals surface area contributed by atoms with Crippen LogP contribution in [0.3, 0.4) is 0 Å². The molecule has 0 spiro atoms. The van der Waals surface area contributed by atoms with Crippen molar-refractivity contribution in [3.63, 3.8) is 0 Å². The number of methoxy groups -OCH3 is 1. The van der Waals surface area contributed by atoms with E-state index in [0.717, 1.165) is 0 Å². The van der Waals surface area contributed by atoms with E-state index in [1.54, 1.807) is 43.7 Å². The van der Waals surface area contributed by atoms with Crippen LogP contribution in [-0.4, -0.2) is 13.0 Å². The molecular formula is C14H16N2O3. The number of carbonyl (C=O) groups excluding carboxylic acids is 1. The molecule has 0 aliphatic carbocycles. The average Bonchev–Trinajstić information content (AvgIpc) is 2.93. The van der Waals surface area contributed by atoms with Gasteiger partial charge in [-0.05, 0) is 37.3 Å². The highest BCUT2D eigenvalue weighted by atomic mass is 16.5. The van der Waals surface area contributed by atoms with Crippen molar-refractivity contribution in [2.45, 2.75) is 13.0 Å². The summed E-state index contributed by atoms with van der Waals surface area (Å²) >= 11 is 0. The van der Waals surface area contributed by atoms with E-state index in [1.165, 1.54) is 0 Å². The van der Waals surface area contributed by atoms with E-state index in [1.807, 2.05) is 6.92 Å². The van der Waals surface area contributed by atoms with Gasteiger partial charge in [-0.25, -0.2) is 0 Å². The molecule has 1 amide bonds. The van der Waals surface area contributed by atoms with E-state index in [-0.39, 0.29) is 11.9 Å². The molecule has 0 bridgehead atoms. The first kappa shape index (κ1) is 13.0. The van der Waals surface area contributed by atoms with E-state index >= 15 is 0 Å². The third kappa shape index (κ3) is 2.88. The summed E-state index contributed by atoms with van der Waals surface area (Å²) < 4.78 is 10.3. The van der Waals surface area contributed by atoms with Crippen LogP contribution in [0.15, 0.2) is 41.0 Å². The van der Waals surface area contributed by atoms with Crippen LogP contribution in [0.2, 0.25) is 0 Å². The summed E-state index contributed by atoms with van der Waals surface area (Å²) in [6.45, 7) is 1.84. The zero-order chi connectivity index (χ0) is 13.8. The highest BCUT2D eigenvalue weighted by molar-refractivity contribution is 5.99. The van der Waals surface area contributed by atoms with Crippen LogP contribution >= 0.6 is 0 Å². The molecule has 3 N–H and O–H groups in total. The molecule has 100 valence electrons. The predicted molar refractivity (Wildman–Crippen MR) is 72.0 cm³/mol. The molecule has 0 aliphatic heterocycles. The van der Waals surface area contributed by atoms with Gasteiger partial charge in [-0.15, -0.1) is 0 Å². The van der Waals surface area contributed by atoms with Gasteiger partial charge in [0.1, 0.15) is 11.5 Å². The van der Waals surface area contributed by atoms with Crippen molar-refractivity contribution >= 4 is 11.6 Å². The maximum absolute atomic E-state index is 12.2. The zero-order valence-corrected chi connectivity index (χ0v) is 10.8. The molecule has 0 fully saturated rings. The number of carbonyl (C=O) groups is 1. The molecule has 5 heteroatoms.